The van der Waals surface area contributed by atoms with Crippen molar-refractivity contribution in [1.82, 2.24) is 0 Å². The van der Waals surface area contributed by atoms with Gasteiger partial charge in [0, 0.05) is 29.3 Å². The number of rotatable bonds is 2. The molecule has 3 nitrogen and oxygen atoms in total. The van der Waals surface area contributed by atoms with Gasteiger partial charge in [0.1, 0.15) is 6.07 Å². The van der Waals surface area contributed by atoms with Crippen LogP contribution >= 0.6 is 15.9 Å². The number of nitrogens with zero attached hydrogens (tertiary/aromatic N) is 2. The van der Waals surface area contributed by atoms with E-state index in [1.807, 2.05) is 18.2 Å². The SMILES string of the molecule is CN(c1ccc(C#N)c(Br)c1)C1CCC(N)CC1. The van der Waals surface area contributed by atoms with Crippen LogP contribution in [0.15, 0.2) is 22.7 Å². The van der Waals surface area contributed by atoms with Gasteiger partial charge in [-0.1, -0.05) is 0 Å². The Kier molecular flexibility index (Phi) is 4.26. The van der Waals surface area contributed by atoms with Crippen LogP contribution in [-0.2, 0) is 0 Å². The van der Waals surface area contributed by atoms with E-state index in [2.05, 4.69) is 33.9 Å². The molecule has 0 bridgehead atoms. The lowest BCUT2D eigenvalue weighted by Gasteiger charge is -2.35. The van der Waals surface area contributed by atoms with Crippen LogP contribution in [0.25, 0.3) is 0 Å². The van der Waals surface area contributed by atoms with Crippen molar-refractivity contribution in [2.75, 3.05) is 11.9 Å². The molecule has 0 amide bonds. The molecule has 1 fully saturated rings. The second kappa shape index (κ2) is 5.73. The Hall–Kier alpha value is -1.05. The van der Waals surface area contributed by atoms with E-state index in [0.717, 1.165) is 35.8 Å². The molecule has 0 aliphatic heterocycles. The van der Waals surface area contributed by atoms with E-state index >= 15 is 0 Å². The first-order chi connectivity index (χ1) is 8.61. The molecule has 2 rings (SSSR count). The molecule has 1 aliphatic carbocycles. The van der Waals surface area contributed by atoms with Gasteiger partial charge < -0.3 is 10.6 Å². The van der Waals surface area contributed by atoms with Crippen molar-refractivity contribution in [2.45, 2.75) is 37.8 Å². The number of hydrogen-bond acceptors (Lipinski definition) is 3. The first-order valence-corrected chi connectivity index (χ1v) is 7.09. The lowest BCUT2D eigenvalue weighted by atomic mass is 9.91. The van der Waals surface area contributed by atoms with Gasteiger partial charge in [-0.15, -0.1) is 0 Å². The van der Waals surface area contributed by atoms with E-state index in [0.29, 0.717) is 17.6 Å². The van der Waals surface area contributed by atoms with Gasteiger partial charge in [-0.05, 0) is 59.8 Å². The summed E-state index contributed by atoms with van der Waals surface area (Å²) in [4.78, 5) is 2.30. The molecule has 0 heterocycles. The predicted octanol–water partition coefficient (Wildman–Crippen LogP) is 3.03. The smallest absolute Gasteiger partial charge is 0.100 e. The van der Waals surface area contributed by atoms with Crippen LogP contribution in [0.5, 0.6) is 0 Å². The average Bonchev–Trinajstić information content (AvgIpc) is 2.38. The average molecular weight is 308 g/mol. The molecule has 2 N–H and O–H groups in total. The molecule has 0 aromatic heterocycles. The predicted molar refractivity (Wildman–Crippen MR) is 77.5 cm³/mol. The molecule has 0 saturated heterocycles. The summed E-state index contributed by atoms with van der Waals surface area (Å²) in [5, 5.41) is 8.92. The van der Waals surface area contributed by atoms with Crippen LogP contribution in [0.2, 0.25) is 0 Å². The number of hydrogen-bond donors (Lipinski definition) is 1. The molecule has 0 unspecified atom stereocenters. The van der Waals surface area contributed by atoms with Gasteiger partial charge in [-0.3, -0.25) is 0 Å². The van der Waals surface area contributed by atoms with Crippen LogP contribution in [-0.4, -0.2) is 19.1 Å². The summed E-state index contributed by atoms with van der Waals surface area (Å²) in [6, 6.07) is 9.00. The molecule has 4 heteroatoms. The minimum Gasteiger partial charge on any atom is -0.372 e. The number of anilines is 1. The van der Waals surface area contributed by atoms with Crippen molar-refractivity contribution in [2.24, 2.45) is 5.73 Å². The Morgan fingerprint density at radius 1 is 1.33 bits per heavy atom. The molecule has 1 aromatic carbocycles. The van der Waals surface area contributed by atoms with Crippen molar-refractivity contribution in [3.63, 3.8) is 0 Å². The summed E-state index contributed by atoms with van der Waals surface area (Å²) in [5.74, 6) is 0. The monoisotopic (exact) mass is 307 g/mol. The third kappa shape index (κ3) is 2.85. The fourth-order valence-corrected chi connectivity index (χ4v) is 2.97. The van der Waals surface area contributed by atoms with Crippen molar-refractivity contribution in [1.29, 1.82) is 5.26 Å². The highest BCUT2D eigenvalue weighted by Gasteiger charge is 2.22. The van der Waals surface area contributed by atoms with E-state index in [1.54, 1.807) is 0 Å². The van der Waals surface area contributed by atoms with Gasteiger partial charge in [0.05, 0.1) is 5.56 Å². The normalized spacial score (nSPS) is 23.4. The summed E-state index contributed by atoms with van der Waals surface area (Å²) in [6.45, 7) is 0. The molecular formula is C14H18BrN3. The maximum atomic E-state index is 8.92. The second-order valence-corrected chi connectivity index (χ2v) is 5.81. The minimum absolute atomic E-state index is 0.377. The fraction of sp³-hybridized carbons (Fsp3) is 0.500. The van der Waals surface area contributed by atoms with E-state index < -0.39 is 0 Å². The largest absolute Gasteiger partial charge is 0.372 e. The zero-order valence-corrected chi connectivity index (χ0v) is 12.2. The molecule has 18 heavy (non-hydrogen) atoms. The van der Waals surface area contributed by atoms with Crippen LogP contribution in [0.3, 0.4) is 0 Å². The third-order valence-corrected chi connectivity index (χ3v) is 4.43. The maximum absolute atomic E-state index is 8.92. The van der Waals surface area contributed by atoms with E-state index in [-0.39, 0.29) is 0 Å². The van der Waals surface area contributed by atoms with E-state index in [4.69, 9.17) is 11.0 Å². The summed E-state index contributed by atoms with van der Waals surface area (Å²) >= 11 is 3.44. The number of benzene rings is 1. The van der Waals surface area contributed by atoms with Crippen molar-refractivity contribution < 1.29 is 0 Å². The van der Waals surface area contributed by atoms with Gasteiger partial charge in [0.25, 0.3) is 0 Å². The molecular weight excluding hydrogens is 290 g/mol. The van der Waals surface area contributed by atoms with Gasteiger partial charge in [-0.2, -0.15) is 5.26 Å². The quantitative estimate of drug-likeness (QED) is 0.913. The summed E-state index contributed by atoms with van der Waals surface area (Å²) in [7, 11) is 2.12. The number of nitriles is 1. The van der Waals surface area contributed by atoms with Crippen molar-refractivity contribution >= 4 is 21.6 Å². The van der Waals surface area contributed by atoms with Crippen molar-refractivity contribution in [3.05, 3.63) is 28.2 Å². The standard InChI is InChI=1S/C14H18BrN3/c1-18(12-6-3-11(17)4-7-12)13-5-2-10(9-16)14(15)8-13/h2,5,8,11-12H,3-4,6-7,17H2,1H3. The minimum atomic E-state index is 0.377. The Bertz CT molecular complexity index is 459. The molecule has 1 aromatic rings. The lowest BCUT2D eigenvalue weighted by Crippen LogP contribution is -2.38. The molecule has 1 aliphatic rings. The molecule has 0 spiro atoms. The Morgan fingerprint density at radius 2 is 2.00 bits per heavy atom. The Balaban J connectivity index is 2.11. The number of halogens is 1. The van der Waals surface area contributed by atoms with Crippen LogP contribution in [0, 0.1) is 11.3 Å². The van der Waals surface area contributed by atoms with Crippen LogP contribution in [0.4, 0.5) is 5.69 Å². The molecule has 0 radical (unpaired) electrons. The highest BCUT2D eigenvalue weighted by atomic mass is 79.9. The Morgan fingerprint density at radius 3 is 2.56 bits per heavy atom. The zero-order valence-electron chi connectivity index (χ0n) is 10.6. The summed E-state index contributed by atoms with van der Waals surface area (Å²) < 4.78 is 0.863. The lowest BCUT2D eigenvalue weighted by molar-refractivity contribution is 0.385. The van der Waals surface area contributed by atoms with E-state index in [1.165, 1.54) is 0 Å². The molecule has 0 atom stereocenters. The van der Waals surface area contributed by atoms with Crippen LogP contribution in [0.1, 0.15) is 31.2 Å². The van der Waals surface area contributed by atoms with Gasteiger partial charge in [0.2, 0.25) is 0 Å². The van der Waals surface area contributed by atoms with Gasteiger partial charge in [-0.25, -0.2) is 0 Å². The molecule has 1 saturated carbocycles. The highest BCUT2D eigenvalue weighted by molar-refractivity contribution is 9.10. The number of nitrogens with two attached hydrogens (primary N) is 1. The van der Waals surface area contributed by atoms with Crippen LogP contribution < -0.4 is 10.6 Å². The highest BCUT2D eigenvalue weighted by Crippen LogP contribution is 2.28. The maximum Gasteiger partial charge on any atom is 0.100 e. The first kappa shape index (κ1) is 13.4. The van der Waals surface area contributed by atoms with Crippen molar-refractivity contribution in [3.8, 4) is 6.07 Å². The second-order valence-electron chi connectivity index (χ2n) is 4.96. The summed E-state index contributed by atoms with van der Waals surface area (Å²) in [5.41, 5.74) is 7.77. The zero-order chi connectivity index (χ0) is 13.1. The van der Waals surface area contributed by atoms with Gasteiger partial charge >= 0.3 is 0 Å². The first-order valence-electron chi connectivity index (χ1n) is 6.30. The Labute approximate surface area is 117 Å². The summed E-state index contributed by atoms with van der Waals surface area (Å²) in [6.07, 6.45) is 4.50. The molecule has 96 valence electrons. The fourth-order valence-electron chi connectivity index (χ4n) is 2.51. The third-order valence-electron chi connectivity index (χ3n) is 3.77. The van der Waals surface area contributed by atoms with Gasteiger partial charge in [0.15, 0.2) is 0 Å². The topological polar surface area (TPSA) is 53.0 Å². The van der Waals surface area contributed by atoms with E-state index in [9.17, 15) is 0 Å².